The van der Waals surface area contributed by atoms with E-state index in [1.807, 2.05) is 0 Å². The molecule has 0 aromatic heterocycles. The van der Waals surface area contributed by atoms with Gasteiger partial charge in [0, 0.05) is 9.74 Å². The minimum Gasteiger partial charge on any atom is -0.144 e. The molecule has 2 fully saturated rings. The zero-order valence-electron chi connectivity index (χ0n) is 6.05. The lowest BCUT2D eigenvalue weighted by Gasteiger charge is -2.05. The third kappa shape index (κ3) is 0.851. The van der Waals surface area contributed by atoms with Crippen LogP contribution in [-0.2, 0) is 0 Å². The van der Waals surface area contributed by atoms with Crippen LogP contribution in [0.4, 0.5) is 0 Å². The van der Waals surface area contributed by atoms with Gasteiger partial charge < -0.3 is 0 Å². The molecule has 3 atom stereocenters. The Balaban J connectivity index is 2.04. The predicted octanol–water partition coefficient (Wildman–Crippen LogP) is 2.72. The Labute approximate surface area is 62.5 Å². The first kappa shape index (κ1) is 6.49. The average Bonchev–Trinajstić information content (AvgIpc) is 2.39. The largest absolute Gasteiger partial charge is 0.144 e. The lowest BCUT2D eigenvalue weighted by Crippen LogP contribution is -1.98. The quantitative estimate of drug-likeness (QED) is 0.420. The van der Waals surface area contributed by atoms with Gasteiger partial charge in [-0.05, 0) is 25.7 Å². The van der Waals surface area contributed by atoms with Crippen molar-refractivity contribution in [1.29, 1.82) is 0 Å². The topological polar surface area (TPSA) is 0 Å². The minimum absolute atomic E-state index is 0.484. The molecule has 0 saturated carbocycles. The van der Waals surface area contributed by atoms with Crippen molar-refractivity contribution in [3.63, 3.8) is 0 Å². The second-order valence-corrected chi connectivity index (χ2v) is 7.92. The van der Waals surface area contributed by atoms with E-state index < -0.39 is 0 Å². The third-order valence-electron chi connectivity index (χ3n) is 2.48. The van der Waals surface area contributed by atoms with Gasteiger partial charge in [-0.15, -0.1) is 11.8 Å². The van der Waals surface area contributed by atoms with E-state index in [0.717, 1.165) is 9.74 Å². The third-order valence-corrected chi connectivity index (χ3v) is 8.18. The summed E-state index contributed by atoms with van der Waals surface area (Å²) in [7, 11) is 0.484. The molecule has 0 aliphatic carbocycles. The molecule has 3 unspecified atom stereocenters. The van der Waals surface area contributed by atoms with Gasteiger partial charge in [0.25, 0.3) is 0 Å². The first-order valence-corrected chi connectivity index (χ1v) is 6.34. The van der Waals surface area contributed by atoms with Crippen LogP contribution in [0.5, 0.6) is 0 Å². The fourth-order valence-corrected chi connectivity index (χ4v) is 7.67. The van der Waals surface area contributed by atoms with Crippen LogP contribution in [-0.4, -0.2) is 22.1 Å². The highest BCUT2D eigenvalue weighted by Crippen LogP contribution is 2.76. The van der Waals surface area contributed by atoms with Crippen molar-refractivity contribution in [1.82, 2.24) is 0 Å². The maximum Gasteiger partial charge on any atom is 0.0397 e. The summed E-state index contributed by atoms with van der Waals surface area (Å²) in [4.78, 5) is 1.12. The summed E-state index contributed by atoms with van der Waals surface area (Å²) in [5.41, 5.74) is 0. The van der Waals surface area contributed by atoms with Gasteiger partial charge >= 0.3 is 0 Å². The number of rotatable bonds is 1. The Morgan fingerprint density at radius 3 is 2.78 bits per heavy atom. The highest BCUT2D eigenvalue weighted by Gasteiger charge is 2.58. The van der Waals surface area contributed by atoms with E-state index in [2.05, 4.69) is 25.6 Å². The molecule has 0 bridgehead atoms. The van der Waals surface area contributed by atoms with E-state index in [1.54, 1.807) is 6.16 Å². The molecule has 0 amide bonds. The van der Waals surface area contributed by atoms with Gasteiger partial charge in [-0.2, -0.15) is 0 Å². The standard InChI is InChI=1S/C7H13PS/c1-3-8-5-4-7(2)6(8)9-7/h6H,3-5H2,1-2H3. The second kappa shape index (κ2) is 1.89. The minimum atomic E-state index is 0.484. The Bertz CT molecular complexity index is 137. The van der Waals surface area contributed by atoms with Gasteiger partial charge in [0.1, 0.15) is 0 Å². The molecule has 2 heteroatoms. The van der Waals surface area contributed by atoms with Crippen molar-refractivity contribution in [3.8, 4) is 0 Å². The van der Waals surface area contributed by atoms with E-state index in [9.17, 15) is 0 Å². The van der Waals surface area contributed by atoms with Crippen molar-refractivity contribution >= 4 is 19.7 Å². The zero-order valence-corrected chi connectivity index (χ0v) is 7.77. The van der Waals surface area contributed by atoms with E-state index in [-0.39, 0.29) is 0 Å². The highest BCUT2D eigenvalue weighted by atomic mass is 32.2. The number of hydrogen-bond acceptors (Lipinski definition) is 1. The van der Waals surface area contributed by atoms with Crippen LogP contribution in [0.2, 0.25) is 0 Å². The molecule has 0 aromatic rings. The van der Waals surface area contributed by atoms with Crippen LogP contribution >= 0.6 is 19.7 Å². The van der Waals surface area contributed by atoms with E-state index in [4.69, 9.17) is 0 Å². The molecule has 0 spiro atoms. The van der Waals surface area contributed by atoms with Gasteiger partial charge in [0.2, 0.25) is 0 Å². The van der Waals surface area contributed by atoms with Crippen molar-refractivity contribution in [2.75, 3.05) is 12.3 Å². The summed E-state index contributed by atoms with van der Waals surface area (Å²) in [5, 5.41) is 0. The molecular formula is C7H13PS. The Morgan fingerprint density at radius 2 is 2.56 bits per heavy atom. The Hall–Kier alpha value is 0.780. The molecule has 2 rings (SSSR count). The van der Waals surface area contributed by atoms with Crippen molar-refractivity contribution in [3.05, 3.63) is 0 Å². The maximum absolute atomic E-state index is 2.44. The zero-order chi connectivity index (χ0) is 6.48. The van der Waals surface area contributed by atoms with Crippen LogP contribution in [0.3, 0.4) is 0 Å². The smallest absolute Gasteiger partial charge is 0.0397 e. The van der Waals surface area contributed by atoms with E-state index >= 15 is 0 Å². The van der Waals surface area contributed by atoms with Crippen molar-refractivity contribution in [2.45, 2.75) is 30.0 Å². The van der Waals surface area contributed by atoms with Crippen LogP contribution in [0.15, 0.2) is 0 Å². The van der Waals surface area contributed by atoms with Crippen LogP contribution in [0.1, 0.15) is 20.3 Å². The molecule has 2 aliphatic heterocycles. The Morgan fingerprint density at radius 1 is 1.78 bits per heavy atom. The van der Waals surface area contributed by atoms with Crippen molar-refractivity contribution < 1.29 is 0 Å². The summed E-state index contributed by atoms with van der Waals surface area (Å²) in [5.74, 6) is 0. The van der Waals surface area contributed by atoms with Gasteiger partial charge in [-0.3, -0.25) is 0 Å². The summed E-state index contributed by atoms with van der Waals surface area (Å²) >= 11 is 2.24. The SMILES string of the molecule is CCP1CCC2(C)SC12. The van der Waals surface area contributed by atoms with Gasteiger partial charge in [0.05, 0.1) is 0 Å². The normalized spacial score (nSPS) is 55.3. The van der Waals surface area contributed by atoms with Crippen LogP contribution < -0.4 is 0 Å². The molecule has 0 nitrogen and oxygen atoms in total. The monoisotopic (exact) mass is 160 g/mol. The van der Waals surface area contributed by atoms with Crippen molar-refractivity contribution in [2.24, 2.45) is 0 Å². The molecule has 0 aromatic carbocycles. The number of fused-ring (bicyclic) bond motifs is 1. The lowest BCUT2D eigenvalue weighted by molar-refractivity contribution is 0.780. The average molecular weight is 160 g/mol. The highest BCUT2D eigenvalue weighted by molar-refractivity contribution is 8.15. The first-order valence-electron chi connectivity index (χ1n) is 3.68. The number of thioether (sulfide) groups is 1. The fraction of sp³-hybridized carbons (Fsp3) is 1.00. The van der Waals surface area contributed by atoms with Gasteiger partial charge in [0.15, 0.2) is 0 Å². The van der Waals surface area contributed by atoms with Crippen LogP contribution in [0.25, 0.3) is 0 Å². The van der Waals surface area contributed by atoms with Gasteiger partial charge in [-0.1, -0.05) is 14.8 Å². The molecule has 0 N–H and O–H groups in total. The predicted molar refractivity (Wildman–Crippen MR) is 46.7 cm³/mol. The molecule has 2 saturated heterocycles. The molecule has 2 aliphatic rings. The molecule has 0 radical (unpaired) electrons. The summed E-state index contributed by atoms with van der Waals surface area (Å²) in [6.07, 6.45) is 4.56. The Kier molecular flexibility index (Phi) is 1.36. The maximum atomic E-state index is 2.44. The first-order chi connectivity index (χ1) is 4.26. The molecule has 2 heterocycles. The summed E-state index contributed by atoms with van der Waals surface area (Å²) < 4.78 is 0.779. The van der Waals surface area contributed by atoms with E-state index in [0.29, 0.717) is 7.92 Å². The van der Waals surface area contributed by atoms with Gasteiger partial charge in [-0.25, -0.2) is 0 Å². The fourth-order valence-electron chi connectivity index (χ4n) is 1.67. The number of hydrogen-bond donors (Lipinski definition) is 0. The molecule has 9 heavy (non-hydrogen) atoms. The molecular weight excluding hydrogens is 147 g/mol. The lowest BCUT2D eigenvalue weighted by atomic mass is 10.2. The van der Waals surface area contributed by atoms with E-state index in [1.165, 1.54) is 12.6 Å². The second-order valence-electron chi connectivity index (χ2n) is 3.16. The summed E-state index contributed by atoms with van der Waals surface area (Å²) in [6, 6.07) is 0. The summed E-state index contributed by atoms with van der Waals surface area (Å²) in [6.45, 7) is 4.80. The van der Waals surface area contributed by atoms with Crippen LogP contribution in [0, 0.1) is 0 Å². The molecule has 52 valence electrons.